The first-order valence-electron chi connectivity index (χ1n) is 6.15. The molecule has 1 aliphatic carbocycles. The molecule has 1 aliphatic heterocycles. The molecule has 1 aromatic heterocycles. The summed E-state index contributed by atoms with van der Waals surface area (Å²) >= 11 is 6.08. The van der Waals surface area contributed by atoms with Gasteiger partial charge in [-0.25, -0.2) is 10.8 Å². The number of aromatic nitrogens is 2. The summed E-state index contributed by atoms with van der Waals surface area (Å²) in [5.74, 6) is 6.95. The molecule has 1 aromatic rings. The summed E-state index contributed by atoms with van der Waals surface area (Å²) in [6.07, 6.45) is 5.32. The van der Waals surface area contributed by atoms with Crippen LogP contribution >= 0.6 is 11.6 Å². The molecule has 6 nitrogen and oxygen atoms in total. The van der Waals surface area contributed by atoms with Gasteiger partial charge in [-0.2, -0.15) is 4.98 Å². The summed E-state index contributed by atoms with van der Waals surface area (Å²) in [7, 11) is 0. The Balaban J connectivity index is 1.74. The Bertz CT molecular complexity index is 439. The maximum absolute atomic E-state index is 6.08. The van der Waals surface area contributed by atoms with Gasteiger partial charge in [-0.1, -0.05) is 11.6 Å². The molecule has 4 N–H and O–H groups in total. The molecule has 0 spiro atoms. The van der Waals surface area contributed by atoms with Gasteiger partial charge in [0.05, 0.1) is 18.3 Å². The van der Waals surface area contributed by atoms with Crippen molar-refractivity contribution in [1.82, 2.24) is 9.97 Å². The molecular formula is C11H16ClN5O. The molecule has 2 aliphatic rings. The lowest BCUT2D eigenvalue weighted by Gasteiger charge is -2.20. The third-order valence-corrected chi connectivity index (χ3v) is 3.69. The second-order valence-electron chi connectivity index (χ2n) is 4.75. The zero-order valence-electron chi connectivity index (χ0n) is 9.90. The lowest BCUT2D eigenvalue weighted by Crippen LogP contribution is -2.31. The Hall–Kier alpha value is -1.11. The maximum atomic E-state index is 6.08. The van der Waals surface area contributed by atoms with Crippen LogP contribution in [0.3, 0.4) is 0 Å². The van der Waals surface area contributed by atoms with Crippen molar-refractivity contribution in [2.45, 2.75) is 31.4 Å². The van der Waals surface area contributed by atoms with E-state index in [0.717, 1.165) is 13.0 Å². The average Bonchev–Trinajstić information content (AvgIpc) is 3.13. The third kappa shape index (κ3) is 2.36. The van der Waals surface area contributed by atoms with Crippen molar-refractivity contribution in [2.24, 2.45) is 11.8 Å². The van der Waals surface area contributed by atoms with Gasteiger partial charge in [0.15, 0.2) is 5.82 Å². The van der Waals surface area contributed by atoms with E-state index >= 15 is 0 Å². The lowest BCUT2D eigenvalue weighted by molar-refractivity contribution is 0.0898. The number of hydrazine groups is 1. The van der Waals surface area contributed by atoms with Crippen LogP contribution in [0.4, 0.5) is 11.8 Å². The summed E-state index contributed by atoms with van der Waals surface area (Å²) in [4.78, 5) is 8.17. The topological polar surface area (TPSA) is 85.1 Å². The highest BCUT2D eigenvalue weighted by molar-refractivity contribution is 6.32. The SMILES string of the molecule is NNc1ncc(Cl)c(NC2CCOC2C2CC2)n1. The van der Waals surface area contributed by atoms with E-state index in [0.29, 0.717) is 22.7 Å². The highest BCUT2D eigenvalue weighted by Gasteiger charge is 2.40. The number of anilines is 2. The van der Waals surface area contributed by atoms with Crippen LogP contribution in [0.1, 0.15) is 19.3 Å². The number of ether oxygens (including phenoxy) is 1. The number of nitrogen functional groups attached to an aromatic ring is 1. The highest BCUT2D eigenvalue weighted by Crippen LogP contribution is 2.39. The average molecular weight is 270 g/mol. The fraction of sp³-hybridized carbons (Fsp3) is 0.636. The van der Waals surface area contributed by atoms with Crippen LogP contribution in [0.15, 0.2) is 6.20 Å². The van der Waals surface area contributed by atoms with E-state index in [1.54, 1.807) is 0 Å². The van der Waals surface area contributed by atoms with Gasteiger partial charge >= 0.3 is 0 Å². The predicted molar refractivity (Wildman–Crippen MR) is 69.3 cm³/mol. The summed E-state index contributed by atoms with van der Waals surface area (Å²) < 4.78 is 5.77. The first kappa shape index (κ1) is 12.0. The summed E-state index contributed by atoms with van der Waals surface area (Å²) in [6.45, 7) is 0.795. The molecule has 1 saturated carbocycles. The minimum Gasteiger partial charge on any atom is -0.376 e. The smallest absolute Gasteiger partial charge is 0.239 e. The Morgan fingerprint density at radius 3 is 2.94 bits per heavy atom. The minimum absolute atomic E-state index is 0.274. The first-order chi connectivity index (χ1) is 8.78. The fourth-order valence-corrected chi connectivity index (χ4v) is 2.51. The van der Waals surface area contributed by atoms with E-state index in [1.165, 1.54) is 19.0 Å². The number of halogens is 1. The molecule has 2 unspecified atom stereocenters. The van der Waals surface area contributed by atoms with E-state index < -0.39 is 0 Å². The number of nitrogens with two attached hydrogens (primary N) is 1. The lowest BCUT2D eigenvalue weighted by atomic mass is 10.1. The van der Waals surface area contributed by atoms with E-state index in [1.807, 2.05) is 0 Å². The molecule has 2 heterocycles. The number of rotatable bonds is 4. The Kier molecular flexibility index (Phi) is 3.23. The van der Waals surface area contributed by atoms with Crippen LogP contribution < -0.4 is 16.6 Å². The molecular weight excluding hydrogens is 254 g/mol. The fourth-order valence-electron chi connectivity index (χ4n) is 2.37. The molecule has 7 heteroatoms. The quantitative estimate of drug-likeness (QED) is 0.566. The number of nitrogens with zero attached hydrogens (tertiary/aromatic N) is 2. The van der Waals surface area contributed by atoms with E-state index in [-0.39, 0.29) is 12.1 Å². The van der Waals surface area contributed by atoms with Gasteiger partial charge in [-0.15, -0.1) is 0 Å². The minimum atomic E-state index is 0.274. The number of nitrogens with one attached hydrogen (secondary N) is 2. The van der Waals surface area contributed by atoms with Crippen molar-refractivity contribution in [2.75, 3.05) is 17.3 Å². The van der Waals surface area contributed by atoms with Gasteiger partial charge in [0.25, 0.3) is 0 Å². The molecule has 98 valence electrons. The van der Waals surface area contributed by atoms with E-state index in [4.69, 9.17) is 22.2 Å². The molecule has 3 rings (SSSR count). The molecule has 0 bridgehead atoms. The second-order valence-corrected chi connectivity index (χ2v) is 5.15. The normalized spacial score (nSPS) is 27.2. The van der Waals surface area contributed by atoms with E-state index in [2.05, 4.69) is 20.7 Å². The van der Waals surface area contributed by atoms with Crippen molar-refractivity contribution in [3.63, 3.8) is 0 Å². The second kappa shape index (κ2) is 4.87. The van der Waals surface area contributed by atoms with Gasteiger partial charge in [-0.3, -0.25) is 5.43 Å². The van der Waals surface area contributed by atoms with Gasteiger partial charge < -0.3 is 10.1 Å². The van der Waals surface area contributed by atoms with Crippen molar-refractivity contribution < 1.29 is 4.74 Å². The predicted octanol–water partition coefficient (Wildman–Crippen LogP) is 1.39. The van der Waals surface area contributed by atoms with Crippen LogP contribution in [0.5, 0.6) is 0 Å². The van der Waals surface area contributed by atoms with Gasteiger partial charge in [0, 0.05) is 6.61 Å². The van der Waals surface area contributed by atoms with Gasteiger partial charge in [0.1, 0.15) is 5.02 Å². The monoisotopic (exact) mass is 269 g/mol. The molecule has 0 aromatic carbocycles. The molecule has 2 fully saturated rings. The molecule has 0 radical (unpaired) electrons. The maximum Gasteiger partial charge on any atom is 0.239 e. The van der Waals surface area contributed by atoms with Crippen LogP contribution in [0.2, 0.25) is 5.02 Å². The van der Waals surface area contributed by atoms with Crippen molar-refractivity contribution >= 4 is 23.4 Å². The molecule has 18 heavy (non-hydrogen) atoms. The largest absolute Gasteiger partial charge is 0.376 e. The van der Waals surface area contributed by atoms with Crippen LogP contribution in [-0.4, -0.2) is 28.7 Å². The molecule has 1 saturated heterocycles. The van der Waals surface area contributed by atoms with Gasteiger partial charge in [0.2, 0.25) is 5.95 Å². The number of hydrogen-bond donors (Lipinski definition) is 3. The van der Waals surface area contributed by atoms with Crippen LogP contribution in [0, 0.1) is 5.92 Å². The standard InChI is InChI=1S/C11H16ClN5O/c12-7-5-14-11(17-13)16-10(7)15-8-3-4-18-9(8)6-1-2-6/h5-6,8-9H,1-4,13H2,(H2,14,15,16,17). The van der Waals surface area contributed by atoms with Gasteiger partial charge in [-0.05, 0) is 25.2 Å². The zero-order valence-corrected chi connectivity index (χ0v) is 10.7. The van der Waals surface area contributed by atoms with Crippen LogP contribution in [-0.2, 0) is 4.74 Å². The van der Waals surface area contributed by atoms with Crippen molar-refractivity contribution in [1.29, 1.82) is 0 Å². The Labute approximate surface area is 110 Å². The third-order valence-electron chi connectivity index (χ3n) is 3.42. The first-order valence-corrected chi connectivity index (χ1v) is 6.53. The molecule has 0 amide bonds. The number of hydrogen-bond acceptors (Lipinski definition) is 6. The Morgan fingerprint density at radius 2 is 2.22 bits per heavy atom. The summed E-state index contributed by atoms with van der Waals surface area (Å²) in [5.41, 5.74) is 2.41. The molecule has 2 atom stereocenters. The zero-order chi connectivity index (χ0) is 12.5. The Morgan fingerprint density at radius 1 is 1.39 bits per heavy atom. The van der Waals surface area contributed by atoms with E-state index in [9.17, 15) is 0 Å². The van der Waals surface area contributed by atoms with Crippen molar-refractivity contribution in [3.05, 3.63) is 11.2 Å². The summed E-state index contributed by atoms with van der Waals surface area (Å²) in [5, 5.41) is 3.85. The van der Waals surface area contributed by atoms with Crippen LogP contribution in [0.25, 0.3) is 0 Å². The highest BCUT2D eigenvalue weighted by atomic mass is 35.5. The summed E-state index contributed by atoms with van der Waals surface area (Å²) in [6, 6.07) is 0.274. The van der Waals surface area contributed by atoms with Crippen molar-refractivity contribution in [3.8, 4) is 0 Å².